The van der Waals surface area contributed by atoms with Gasteiger partial charge in [-0.1, -0.05) is 36.0 Å². The summed E-state index contributed by atoms with van der Waals surface area (Å²) in [5.41, 5.74) is 2.41. The van der Waals surface area contributed by atoms with E-state index < -0.39 is 0 Å². The molecule has 1 aliphatic rings. The highest BCUT2D eigenvalue weighted by Crippen LogP contribution is 2.43. The summed E-state index contributed by atoms with van der Waals surface area (Å²) in [5.74, 6) is 0. The van der Waals surface area contributed by atoms with Crippen LogP contribution in [0, 0.1) is 0 Å². The first-order chi connectivity index (χ1) is 6.93. The summed E-state index contributed by atoms with van der Waals surface area (Å²) in [6.07, 6.45) is 0. The maximum atomic E-state index is 3.42. The molecular weight excluding hydrogens is 222 g/mol. The van der Waals surface area contributed by atoms with Crippen molar-refractivity contribution in [1.29, 1.82) is 0 Å². The lowest BCUT2D eigenvalue weighted by Crippen LogP contribution is -1.98. The van der Waals surface area contributed by atoms with Gasteiger partial charge in [-0.05, 0) is 24.3 Å². The van der Waals surface area contributed by atoms with Crippen LogP contribution in [0.2, 0.25) is 0 Å². The third-order valence-electron chi connectivity index (χ3n) is 2.26. The Morgan fingerprint density at radius 2 is 1.20 bits per heavy atom. The molecule has 0 bridgehead atoms. The Kier molecular flexibility index (Phi) is 2.93. The molecule has 0 saturated heterocycles. The van der Waals surface area contributed by atoms with Crippen LogP contribution < -0.4 is 5.32 Å². The molecule has 1 N–H and O–H groups in total. The van der Waals surface area contributed by atoms with E-state index in [1.807, 2.05) is 11.8 Å². The number of rotatable bonds is 0. The molecule has 15 heavy (non-hydrogen) atoms. The third-order valence-corrected chi connectivity index (χ3v) is 3.42. The SMILES string of the molecule is S.c1ccc2c(c1)Nc1ccccc1S2. The van der Waals surface area contributed by atoms with Crippen molar-refractivity contribution in [2.45, 2.75) is 9.79 Å². The van der Waals surface area contributed by atoms with Gasteiger partial charge >= 0.3 is 0 Å². The zero-order valence-electron chi connectivity index (χ0n) is 8.03. The minimum atomic E-state index is 0. The van der Waals surface area contributed by atoms with E-state index in [1.54, 1.807) is 0 Å². The summed E-state index contributed by atoms with van der Waals surface area (Å²) in [6.45, 7) is 0. The number of anilines is 2. The summed E-state index contributed by atoms with van der Waals surface area (Å²) in [4.78, 5) is 2.59. The molecule has 0 amide bonds. The van der Waals surface area contributed by atoms with E-state index in [1.165, 1.54) is 21.2 Å². The molecular formula is C12H11NS2. The molecule has 1 nitrogen and oxygen atoms in total. The highest BCUT2D eigenvalue weighted by molar-refractivity contribution is 7.99. The van der Waals surface area contributed by atoms with Gasteiger partial charge in [-0.15, -0.1) is 0 Å². The Morgan fingerprint density at radius 3 is 1.73 bits per heavy atom. The van der Waals surface area contributed by atoms with Crippen LogP contribution in [0.15, 0.2) is 58.3 Å². The van der Waals surface area contributed by atoms with Gasteiger partial charge in [-0.25, -0.2) is 0 Å². The van der Waals surface area contributed by atoms with Crippen LogP contribution in [0.25, 0.3) is 0 Å². The minimum absolute atomic E-state index is 0. The van der Waals surface area contributed by atoms with Crippen molar-refractivity contribution in [2.75, 3.05) is 5.32 Å². The van der Waals surface area contributed by atoms with Crippen molar-refractivity contribution in [3.8, 4) is 0 Å². The predicted octanol–water partition coefficient (Wildman–Crippen LogP) is 4.01. The van der Waals surface area contributed by atoms with Crippen LogP contribution in [0.1, 0.15) is 0 Å². The monoisotopic (exact) mass is 233 g/mol. The summed E-state index contributed by atoms with van der Waals surface area (Å²) < 4.78 is 0. The van der Waals surface area contributed by atoms with E-state index >= 15 is 0 Å². The molecule has 0 fully saturated rings. The highest BCUT2D eigenvalue weighted by atomic mass is 32.2. The van der Waals surface area contributed by atoms with Crippen molar-refractivity contribution in [3.05, 3.63) is 48.5 Å². The predicted molar refractivity (Wildman–Crippen MR) is 70.7 cm³/mol. The fourth-order valence-corrected chi connectivity index (χ4v) is 2.57. The second-order valence-corrected chi connectivity index (χ2v) is 4.30. The summed E-state index contributed by atoms with van der Waals surface area (Å²) in [5, 5.41) is 3.42. The van der Waals surface area contributed by atoms with Gasteiger partial charge in [0.1, 0.15) is 0 Å². The zero-order valence-corrected chi connectivity index (χ0v) is 9.84. The molecule has 0 saturated carbocycles. The Morgan fingerprint density at radius 1 is 0.733 bits per heavy atom. The standard InChI is InChI=1S/C12H9NS.H2S/c1-3-7-11-9(5-1)13-10-6-2-4-8-12(10)14-11;/h1-8,13H;1H2. The lowest BCUT2D eigenvalue weighted by atomic mass is 10.2. The van der Waals surface area contributed by atoms with Crippen LogP contribution >= 0.6 is 25.3 Å². The Labute approximate surface area is 100 Å². The number of hydrogen-bond donors (Lipinski definition) is 1. The Hall–Kier alpha value is -1.06. The lowest BCUT2D eigenvalue weighted by Gasteiger charge is -2.19. The van der Waals surface area contributed by atoms with Gasteiger partial charge in [-0.3, -0.25) is 0 Å². The van der Waals surface area contributed by atoms with Crippen molar-refractivity contribution in [1.82, 2.24) is 0 Å². The quantitative estimate of drug-likeness (QED) is 0.629. The van der Waals surface area contributed by atoms with E-state index in [4.69, 9.17) is 0 Å². The second-order valence-electron chi connectivity index (χ2n) is 3.22. The van der Waals surface area contributed by atoms with E-state index in [9.17, 15) is 0 Å². The Balaban J connectivity index is 0.000000853. The van der Waals surface area contributed by atoms with Crippen LogP contribution in [0.3, 0.4) is 0 Å². The largest absolute Gasteiger partial charge is 0.354 e. The molecule has 0 spiro atoms. The smallest absolute Gasteiger partial charge is 0.0526 e. The highest BCUT2D eigenvalue weighted by Gasteiger charge is 2.13. The van der Waals surface area contributed by atoms with Gasteiger partial charge in [0.2, 0.25) is 0 Å². The van der Waals surface area contributed by atoms with E-state index in [0.717, 1.165) is 0 Å². The molecule has 3 rings (SSSR count). The van der Waals surface area contributed by atoms with Crippen LogP contribution in [-0.4, -0.2) is 0 Å². The minimum Gasteiger partial charge on any atom is -0.354 e. The summed E-state index contributed by atoms with van der Waals surface area (Å²) >= 11 is 1.82. The zero-order chi connectivity index (χ0) is 9.38. The third kappa shape index (κ3) is 1.85. The van der Waals surface area contributed by atoms with Gasteiger partial charge in [0.05, 0.1) is 11.4 Å². The van der Waals surface area contributed by atoms with Crippen molar-refractivity contribution >= 4 is 36.6 Å². The average molecular weight is 233 g/mol. The first kappa shape index (κ1) is 10.5. The topological polar surface area (TPSA) is 12.0 Å². The summed E-state index contributed by atoms with van der Waals surface area (Å²) in [6, 6.07) is 16.8. The fraction of sp³-hybridized carbons (Fsp3) is 0. The molecule has 1 aliphatic heterocycles. The van der Waals surface area contributed by atoms with Gasteiger partial charge in [0.25, 0.3) is 0 Å². The normalized spacial score (nSPS) is 11.7. The molecule has 0 aromatic heterocycles. The molecule has 0 radical (unpaired) electrons. The average Bonchev–Trinajstić information content (AvgIpc) is 2.26. The lowest BCUT2D eigenvalue weighted by molar-refractivity contribution is 1.32. The Bertz CT molecular complexity index is 395. The first-order valence-electron chi connectivity index (χ1n) is 4.56. The van der Waals surface area contributed by atoms with Gasteiger partial charge in [0, 0.05) is 9.79 Å². The van der Waals surface area contributed by atoms with Crippen LogP contribution in [0.4, 0.5) is 11.4 Å². The van der Waals surface area contributed by atoms with E-state index in [2.05, 4.69) is 53.8 Å². The molecule has 76 valence electrons. The van der Waals surface area contributed by atoms with Gasteiger partial charge in [0.15, 0.2) is 0 Å². The summed E-state index contributed by atoms with van der Waals surface area (Å²) in [7, 11) is 0. The molecule has 0 unspecified atom stereocenters. The first-order valence-corrected chi connectivity index (χ1v) is 5.38. The van der Waals surface area contributed by atoms with Crippen LogP contribution in [0.5, 0.6) is 0 Å². The number of nitrogens with one attached hydrogen (secondary N) is 1. The molecule has 3 heteroatoms. The van der Waals surface area contributed by atoms with E-state index in [-0.39, 0.29) is 13.5 Å². The maximum Gasteiger partial charge on any atom is 0.0526 e. The molecule has 0 aliphatic carbocycles. The fourth-order valence-electron chi connectivity index (χ4n) is 1.58. The number of benzene rings is 2. The maximum absolute atomic E-state index is 3.42. The molecule has 1 heterocycles. The van der Waals surface area contributed by atoms with E-state index in [0.29, 0.717) is 0 Å². The van der Waals surface area contributed by atoms with Gasteiger partial charge in [-0.2, -0.15) is 13.5 Å². The van der Waals surface area contributed by atoms with Crippen molar-refractivity contribution < 1.29 is 0 Å². The second kappa shape index (κ2) is 4.21. The number of hydrogen-bond acceptors (Lipinski definition) is 2. The number of para-hydroxylation sites is 2. The molecule has 2 aromatic carbocycles. The number of fused-ring (bicyclic) bond motifs is 2. The molecule has 2 aromatic rings. The van der Waals surface area contributed by atoms with Crippen molar-refractivity contribution in [3.63, 3.8) is 0 Å². The molecule has 0 atom stereocenters. The van der Waals surface area contributed by atoms with Gasteiger partial charge < -0.3 is 5.32 Å². The van der Waals surface area contributed by atoms with Crippen LogP contribution in [-0.2, 0) is 0 Å². The van der Waals surface area contributed by atoms with Crippen molar-refractivity contribution in [2.24, 2.45) is 0 Å².